The number of nitrogens with one attached hydrogen (secondary N) is 1. The van der Waals surface area contributed by atoms with Crippen LogP contribution in [-0.2, 0) is 5.54 Å². The summed E-state index contributed by atoms with van der Waals surface area (Å²) < 4.78 is 7.14. The Hall–Kier alpha value is -3.14. The monoisotopic (exact) mass is 292 g/mol. The number of benzene rings is 1. The maximum absolute atomic E-state index is 8.91. The van der Waals surface area contributed by atoms with E-state index in [0.29, 0.717) is 17.4 Å². The molecule has 1 aromatic carbocycles. The zero-order chi connectivity index (χ0) is 15.0. The van der Waals surface area contributed by atoms with E-state index in [1.165, 1.54) is 0 Å². The largest absolute Gasteiger partial charge is 0.335 e. The molecule has 0 aliphatic heterocycles. The second-order valence-corrected chi connectivity index (χ2v) is 5.23. The Morgan fingerprint density at radius 2 is 2.09 bits per heavy atom. The molecule has 3 aromatic rings. The van der Waals surface area contributed by atoms with Crippen LogP contribution >= 0.6 is 0 Å². The second kappa shape index (κ2) is 4.70. The van der Waals surface area contributed by atoms with Crippen molar-refractivity contribution >= 4 is 11.6 Å². The Morgan fingerprint density at radius 3 is 2.77 bits per heavy atom. The van der Waals surface area contributed by atoms with Crippen molar-refractivity contribution in [3.05, 3.63) is 54.2 Å². The molecule has 7 heteroatoms. The van der Waals surface area contributed by atoms with E-state index in [4.69, 9.17) is 9.78 Å². The Labute approximate surface area is 126 Å². The van der Waals surface area contributed by atoms with Crippen LogP contribution in [0.3, 0.4) is 0 Å². The maximum atomic E-state index is 8.91. The molecule has 0 radical (unpaired) electrons. The highest BCUT2D eigenvalue weighted by Crippen LogP contribution is 2.48. The lowest BCUT2D eigenvalue weighted by molar-refractivity contribution is 0.314. The summed E-state index contributed by atoms with van der Waals surface area (Å²) in [6, 6.07) is 11.7. The van der Waals surface area contributed by atoms with Crippen LogP contribution in [0.4, 0.5) is 11.6 Å². The van der Waals surface area contributed by atoms with E-state index in [-0.39, 0.29) is 0 Å². The highest BCUT2D eigenvalue weighted by molar-refractivity contribution is 5.52. The summed E-state index contributed by atoms with van der Waals surface area (Å²) in [6.07, 6.45) is 4.99. The Kier molecular flexibility index (Phi) is 2.69. The van der Waals surface area contributed by atoms with Gasteiger partial charge in [0, 0.05) is 11.9 Å². The highest BCUT2D eigenvalue weighted by atomic mass is 16.5. The van der Waals surface area contributed by atoms with Gasteiger partial charge >= 0.3 is 0 Å². The predicted octanol–water partition coefficient (Wildman–Crippen LogP) is 2.42. The zero-order valence-corrected chi connectivity index (χ0v) is 11.6. The van der Waals surface area contributed by atoms with Gasteiger partial charge in [-0.1, -0.05) is 18.2 Å². The summed E-state index contributed by atoms with van der Waals surface area (Å²) in [4.78, 5) is 4.42. The van der Waals surface area contributed by atoms with Crippen LogP contribution < -0.4 is 5.32 Å². The lowest BCUT2D eigenvalue weighted by atomic mass is 10.3. The van der Waals surface area contributed by atoms with Crippen LogP contribution in [0.2, 0.25) is 0 Å². The maximum Gasteiger partial charge on any atom is 0.267 e. The third-order valence-electron chi connectivity index (χ3n) is 3.73. The smallest absolute Gasteiger partial charge is 0.267 e. The van der Waals surface area contributed by atoms with Gasteiger partial charge in [-0.05, 0) is 30.1 Å². The predicted molar refractivity (Wildman–Crippen MR) is 77.3 cm³/mol. The first kappa shape index (κ1) is 12.6. The molecule has 1 aliphatic rings. The Morgan fingerprint density at radius 1 is 1.27 bits per heavy atom. The van der Waals surface area contributed by atoms with E-state index in [1.807, 2.05) is 30.3 Å². The third kappa shape index (κ3) is 2.02. The molecule has 22 heavy (non-hydrogen) atoms. The van der Waals surface area contributed by atoms with Crippen LogP contribution in [0, 0.1) is 11.3 Å². The second-order valence-electron chi connectivity index (χ2n) is 5.23. The first-order valence-corrected chi connectivity index (χ1v) is 6.92. The molecule has 4 rings (SSSR count). The molecule has 0 spiro atoms. The molecule has 1 N–H and O–H groups in total. The molecule has 7 nitrogen and oxygen atoms in total. The normalized spacial score (nSPS) is 15.2. The van der Waals surface area contributed by atoms with Gasteiger partial charge in [-0.3, -0.25) is 4.68 Å². The quantitative estimate of drug-likeness (QED) is 0.793. The van der Waals surface area contributed by atoms with Crippen molar-refractivity contribution in [2.75, 3.05) is 5.32 Å². The van der Waals surface area contributed by atoms with Gasteiger partial charge in [0.1, 0.15) is 11.6 Å². The first-order chi connectivity index (χ1) is 10.8. The summed E-state index contributed by atoms with van der Waals surface area (Å²) in [7, 11) is 0. The molecule has 0 atom stereocenters. The molecule has 0 saturated heterocycles. The lowest BCUT2D eigenvalue weighted by Gasteiger charge is -2.09. The van der Waals surface area contributed by atoms with Crippen molar-refractivity contribution < 1.29 is 4.52 Å². The highest BCUT2D eigenvalue weighted by Gasteiger charge is 2.52. The van der Waals surface area contributed by atoms with Crippen molar-refractivity contribution in [1.82, 2.24) is 19.9 Å². The van der Waals surface area contributed by atoms with Crippen LogP contribution in [0.25, 0.3) is 0 Å². The van der Waals surface area contributed by atoms with E-state index in [2.05, 4.69) is 26.6 Å². The van der Waals surface area contributed by atoms with E-state index in [0.717, 1.165) is 18.5 Å². The number of rotatable bonds is 4. The molecule has 0 amide bonds. The number of hydrogen-bond donors (Lipinski definition) is 1. The minimum Gasteiger partial charge on any atom is -0.335 e. The summed E-state index contributed by atoms with van der Waals surface area (Å²) in [5, 5.41) is 20.2. The Bertz CT molecular complexity index is 840. The minimum absolute atomic E-state index is 0.404. The van der Waals surface area contributed by atoms with Gasteiger partial charge in [0.15, 0.2) is 0 Å². The summed E-state index contributed by atoms with van der Waals surface area (Å²) >= 11 is 0. The van der Waals surface area contributed by atoms with Gasteiger partial charge < -0.3 is 9.84 Å². The lowest BCUT2D eigenvalue weighted by Crippen LogP contribution is -2.19. The number of anilines is 2. The van der Waals surface area contributed by atoms with E-state index < -0.39 is 5.54 Å². The average Bonchev–Trinajstić information content (AvgIpc) is 3.00. The van der Waals surface area contributed by atoms with Gasteiger partial charge in [0.25, 0.3) is 11.8 Å². The minimum atomic E-state index is -0.404. The van der Waals surface area contributed by atoms with Gasteiger partial charge in [0.2, 0.25) is 0 Å². The molecule has 1 fully saturated rings. The van der Waals surface area contributed by atoms with Crippen molar-refractivity contribution in [3.63, 3.8) is 0 Å². The fourth-order valence-electron chi connectivity index (χ4n) is 2.39. The molecule has 2 aromatic heterocycles. The van der Waals surface area contributed by atoms with Crippen LogP contribution in [0.1, 0.15) is 24.3 Å². The summed E-state index contributed by atoms with van der Waals surface area (Å²) in [5.41, 5.74) is 1.01. The SMILES string of the molecule is N#Cc1cnn(C2(c3nc(Nc4ccccc4)no3)CC2)c1. The first-order valence-electron chi connectivity index (χ1n) is 6.92. The standard InChI is InChI=1S/C15H12N6O/c16-8-11-9-17-21(10-11)15(6-7-15)13-19-14(20-22-13)18-12-4-2-1-3-5-12/h1-5,9-10H,6-7H2,(H,18,20). The number of nitriles is 1. The van der Waals surface area contributed by atoms with Crippen molar-refractivity contribution in [2.24, 2.45) is 0 Å². The van der Waals surface area contributed by atoms with Crippen molar-refractivity contribution in [2.45, 2.75) is 18.4 Å². The van der Waals surface area contributed by atoms with Gasteiger partial charge in [-0.25, -0.2) is 0 Å². The fraction of sp³-hybridized carbons (Fsp3) is 0.200. The third-order valence-corrected chi connectivity index (χ3v) is 3.73. The van der Waals surface area contributed by atoms with Gasteiger partial charge in [-0.2, -0.15) is 15.3 Å². The van der Waals surface area contributed by atoms with Crippen molar-refractivity contribution in [3.8, 4) is 6.07 Å². The van der Waals surface area contributed by atoms with Crippen molar-refractivity contribution in [1.29, 1.82) is 5.26 Å². The molecular formula is C15H12N6O. The Balaban J connectivity index is 1.60. The van der Waals surface area contributed by atoms with E-state index >= 15 is 0 Å². The average molecular weight is 292 g/mol. The zero-order valence-electron chi connectivity index (χ0n) is 11.6. The molecule has 1 saturated carbocycles. The van der Waals surface area contributed by atoms with E-state index in [1.54, 1.807) is 17.1 Å². The number of aromatic nitrogens is 4. The topological polar surface area (TPSA) is 92.6 Å². The molecule has 1 aliphatic carbocycles. The van der Waals surface area contributed by atoms with Crippen LogP contribution in [0.5, 0.6) is 0 Å². The van der Waals surface area contributed by atoms with Gasteiger partial charge in [0.05, 0.1) is 11.8 Å². The van der Waals surface area contributed by atoms with Gasteiger partial charge in [-0.15, -0.1) is 0 Å². The van der Waals surface area contributed by atoms with Crippen LogP contribution in [-0.4, -0.2) is 19.9 Å². The molecule has 0 unspecified atom stereocenters. The number of nitrogens with zero attached hydrogens (tertiary/aromatic N) is 5. The number of hydrogen-bond acceptors (Lipinski definition) is 6. The molecular weight excluding hydrogens is 280 g/mol. The van der Waals surface area contributed by atoms with E-state index in [9.17, 15) is 0 Å². The summed E-state index contributed by atoms with van der Waals surface area (Å²) in [6.45, 7) is 0. The molecule has 0 bridgehead atoms. The van der Waals surface area contributed by atoms with Crippen LogP contribution in [0.15, 0.2) is 47.2 Å². The molecule has 108 valence electrons. The molecule has 2 heterocycles. The summed E-state index contributed by atoms with van der Waals surface area (Å²) in [5.74, 6) is 0.929. The fourth-order valence-corrected chi connectivity index (χ4v) is 2.39. The number of para-hydroxylation sites is 1.